The van der Waals surface area contributed by atoms with E-state index in [4.69, 9.17) is 5.26 Å². The Bertz CT molecular complexity index is 1180. The first-order valence-corrected chi connectivity index (χ1v) is 9.33. The lowest BCUT2D eigenvalue weighted by atomic mass is 9.87. The van der Waals surface area contributed by atoms with Crippen molar-refractivity contribution in [2.45, 2.75) is 20.8 Å². The first kappa shape index (κ1) is 20.7. The number of nitrogens with zero attached hydrogens (tertiary/aromatic N) is 3. The molecule has 0 unspecified atom stereocenters. The van der Waals surface area contributed by atoms with Crippen LogP contribution in [0.2, 0.25) is 0 Å². The number of hydrogen-bond acceptors (Lipinski definition) is 6. The Labute approximate surface area is 174 Å². The largest absolute Gasteiger partial charge is 0.354 e. The number of benzene rings is 1. The number of carbonyl (C=O) groups excluding carboxylic acids is 2. The molecule has 0 aliphatic heterocycles. The molecule has 3 N–H and O–H groups in total. The molecular weight excluding hydrogens is 380 g/mol. The molecule has 0 aliphatic carbocycles. The van der Waals surface area contributed by atoms with Crippen LogP contribution in [0.1, 0.15) is 36.7 Å². The molecule has 0 fully saturated rings. The molecule has 0 radical (unpaired) electrons. The van der Waals surface area contributed by atoms with E-state index in [0.717, 1.165) is 5.69 Å². The third-order valence-corrected chi connectivity index (χ3v) is 4.39. The monoisotopic (exact) mass is 402 g/mol. The zero-order valence-corrected chi connectivity index (χ0v) is 17.2. The smallest absolute Gasteiger partial charge is 0.261 e. The molecule has 2 aromatic heterocycles. The van der Waals surface area contributed by atoms with E-state index in [1.54, 1.807) is 36.7 Å². The first-order chi connectivity index (χ1) is 14.2. The molecule has 0 saturated carbocycles. The zero-order valence-electron chi connectivity index (χ0n) is 17.2. The van der Waals surface area contributed by atoms with Gasteiger partial charge in [0.2, 0.25) is 0 Å². The average molecular weight is 402 g/mol. The van der Waals surface area contributed by atoms with Crippen molar-refractivity contribution in [3.8, 4) is 6.07 Å². The third kappa shape index (κ3) is 4.36. The van der Waals surface area contributed by atoms with E-state index in [-0.39, 0.29) is 11.4 Å². The van der Waals surface area contributed by atoms with Gasteiger partial charge in [-0.25, -0.2) is 9.97 Å². The molecule has 0 aliphatic rings. The predicted molar refractivity (Wildman–Crippen MR) is 115 cm³/mol. The zero-order chi connectivity index (χ0) is 21.9. The van der Waals surface area contributed by atoms with Gasteiger partial charge in [-0.1, -0.05) is 32.9 Å². The molecule has 2 heterocycles. The second kappa shape index (κ2) is 8.17. The van der Waals surface area contributed by atoms with Crippen LogP contribution < -0.4 is 10.6 Å². The molecule has 152 valence electrons. The Balaban J connectivity index is 1.85. The fourth-order valence-corrected chi connectivity index (χ4v) is 2.79. The maximum atomic E-state index is 12.7. The summed E-state index contributed by atoms with van der Waals surface area (Å²) in [6, 6.07) is 9.04. The number of aromatic amines is 1. The van der Waals surface area contributed by atoms with Gasteiger partial charge in [0.25, 0.3) is 5.91 Å². The van der Waals surface area contributed by atoms with E-state index in [1.807, 2.05) is 26.8 Å². The molecule has 0 atom stereocenters. The lowest BCUT2D eigenvalue weighted by Gasteiger charge is -2.15. The number of nitriles is 1. The average Bonchev–Trinajstić information content (AvgIpc) is 3.14. The standard InChI is InChI=1S/C22H22N6O2/c1-22(2,3)19(29)16-11-25-20-18(16)28-17(12-26-20)27-15-7-5-13(6-8-15)9-14(10-23)21(30)24-4/h5-9,11-12H,1-4H3,(H,24,30)(H,25,26)(H,27,28)/b14-9+. The molecule has 0 spiro atoms. The van der Waals surface area contributed by atoms with Crippen molar-refractivity contribution in [3.63, 3.8) is 0 Å². The normalized spacial score (nSPS) is 11.8. The van der Waals surface area contributed by atoms with Crippen LogP contribution in [-0.2, 0) is 4.79 Å². The van der Waals surface area contributed by atoms with Crippen molar-refractivity contribution in [2.24, 2.45) is 5.41 Å². The number of nitrogens with one attached hydrogen (secondary N) is 3. The highest BCUT2D eigenvalue weighted by Crippen LogP contribution is 2.26. The van der Waals surface area contributed by atoms with Gasteiger partial charge in [0.15, 0.2) is 11.4 Å². The highest BCUT2D eigenvalue weighted by molar-refractivity contribution is 6.08. The number of rotatable bonds is 5. The van der Waals surface area contributed by atoms with Crippen LogP contribution >= 0.6 is 0 Å². The summed E-state index contributed by atoms with van der Waals surface area (Å²) in [6.07, 6.45) is 4.73. The van der Waals surface area contributed by atoms with E-state index in [0.29, 0.717) is 28.1 Å². The summed E-state index contributed by atoms with van der Waals surface area (Å²) < 4.78 is 0. The lowest BCUT2D eigenvalue weighted by molar-refractivity contribution is -0.116. The molecule has 3 rings (SSSR count). The predicted octanol–water partition coefficient (Wildman–Crippen LogP) is 3.58. The fourth-order valence-electron chi connectivity index (χ4n) is 2.79. The molecular formula is C22H22N6O2. The minimum atomic E-state index is -0.527. The van der Waals surface area contributed by atoms with E-state index >= 15 is 0 Å². The first-order valence-electron chi connectivity index (χ1n) is 9.33. The van der Waals surface area contributed by atoms with E-state index in [2.05, 4.69) is 25.6 Å². The van der Waals surface area contributed by atoms with Gasteiger partial charge in [-0.3, -0.25) is 9.59 Å². The van der Waals surface area contributed by atoms with Crippen molar-refractivity contribution in [2.75, 3.05) is 12.4 Å². The van der Waals surface area contributed by atoms with Gasteiger partial charge in [-0.05, 0) is 23.8 Å². The second-order valence-electron chi connectivity index (χ2n) is 7.73. The molecule has 1 aromatic carbocycles. The number of amides is 1. The van der Waals surface area contributed by atoms with E-state index < -0.39 is 11.3 Å². The van der Waals surface area contributed by atoms with Gasteiger partial charge in [0, 0.05) is 24.3 Å². The summed E-state index contributed by atoms with van der Waals surface area (Å²) in [7, 11) is 1.48. The molecule has 30 heavy (non-hydrogen) atoms. The van der Waals surface area contributed by atoms with Crippen LogP contribution in [0.3, 0.4) is 0 Å². The van der Waals surface area contributed by atoms with Crippen LogP contribution in [-0.4, -0.2) is 33.7 Å². The SMILES string of the molecule is CNC(=O)/C(C#N)=C/c1ccc(Nc2cnc3[nH]cc(C(=O)C(C)(C)C)c3n2)cc1. The number of aromatic nitrogens is 3. The number of Topliss-reactive ketones (excluding diaryl/α,β-unsaturated/α-hetero) is 1. The second-order valence-corrected chi connectivity index (χ2v) is 7.73. The summed E-state index contributed by atoms with van der Waals surface area (Å²) in [4.78, 5) is 36.2. The Morgan fingerprint density at radius 2 is 1.90 bits per heavy atom. The molecule has 3 aromatic rings. The maximum Gasteiger partial charge on any atom is 0.261 e. The van der Waals surface area contributed by atoms with Crippen LogP contribution in [0.15, 0.2) is 42.2 Å². The highest BCUT2D eigenvalue weighted by atomic mass is 16.1. The highest BCUT2D eigenvalue weighted by Gasteiger charge is 2.26. The summed E-state index contributed by atoms with van der Waals surface area (Å²) in [5, 5.41) is 14.7. The third-order valence-electron chi connectivity index (χ3n) is 4.39. The quantitative estimate of drug-likeness (QED) is 0.340. The summed E-state index contributed by atoms with van der Waals surface area (Å²) >= 11 is 0. The molecule has 0 bridgehead atoms. The number of hydrogen-bond donors (Lipinski definition) is 3. The Morgan fingerprint density at radius 1 is 1.20 bits per heavy atom. The minimum absolute atomic E-state index is 0.0132. The van der Waals surface area contributed by atoms with Gasteiger partial charge in [0.05, 0.1) is 11.8 Å². The topological polar surface area (TPSA) is 124 Å². The summed E-state index contributed by atoms with van der Waals surface area (Å²) in [5.74, 6) is 0.0487. The Kier molecular flexibility index (Phi) is 5.65. The molecule has 8 nitrogen and oxygen atoms in total. The minimum Gasteiger partial charge on any atom is -0.354 e. The number of fused-ring (bicyclic) bond motifs is 1. The lowest BCUT2D eigenvalue weighted by Crippen LogP contribution is -2.20. The summed E-state index contributed by atoms with van der Waals surface area (Å²) in [6.45, 7) is 5.59. The van der Waals surface area contributed by atoms with Crippen LogP contribution in [0.25, 0.3) is 17.2 Å². The van der Waals surface area contributed by atoms with Crippen molar-refractivity contribution >= 4 is 40.4 Å². The maximum absolute atomic E-state index is 12.7. The van der Waals surface area contributed by atoms with Crippen molar-refractivity contribution in [1.29, 1.82) is 5.26 Å². The number of carbonyl (C=O) groups is 2. The number of ketones is 1. The van der Waals surface area contributed by atoms with Crippen molar-refractivity contribution < 1.29 is 9.59 Å². The van der Waals surface area contributed by atoms with E-state index in [1.165, 1.54) is 13.1 Å². The Hall–Kier alpha value is -3.99. The fraction of sp³-hybridized carbons (Fsp3) is 0.227. The van der Waals surface area contributed by atoms with Crippen LogP contribution in [0.4, 0.5) is 11.5 Å². The molecule has 1 amide bonds. The van der Waals surface area contributed by atoms with Crippen LogP contribution in [0.5, 0.6) is 0 Å². The Morgan fingerprint density at radius 3 is 2.50 bits per heavy atom. The number of anilines is 2. The summed E-state index contributed by atoms with van der Waals surface area (Å²) in [5.41, 5.74) is 2.53. The van der Waals surface area contributed by atoms with Gasteiger partial charge in [-0.15, -0.1) is 0 Å². The van der Waals surface area contributed by atoms with Gasteiger partial charge >= 0.3 is 0 Å². The van der Waals surface area contributed by atoms with Gasteiger partial charge in [0.1, 0.15) is 23.0 Å². The van der Waals surface area contributed by atoms with Crippen molar-refractivity contribution in [1.82, 2.24) is 20.3 Å². The van der Waals surface area contributed by atoms with E-state index in [9.17, 15) is 9.59 Å². The number of likely N-dealkylation sites (N-methyl/N-ethyl adjacent to an activating group) is 1. The van der Waals surface area contributed by atoms with Crippen molar-refractivity contribution in [3.05, 3.63) is 53.4 Å². The van der Waals surface area contributed by atoms with Gasteiger partial charge < -0.3 is 15.6 Å². The van der Waals surface area contributed by atoms with Gasteiger partial charge in [-0.2, -0.15) is 5.26 Å². The number of H-pyrrole nitrogens is 1. The molecule has 0 saturated heterocycles. The van der Waals surface area contributed by atoms with Crippen LogP contribution in [0, 0.1) is 16.7 Å². The molecule has 8 heteroatoms.